The average Bonchev–Trinajstić information content (AvgIpc) is 2.58. The molecule has 4 nitrogen and oxygen atoms in total. The van der Waals surface area contributed by atoms with E-state index in [9.17, 15) is 9.59 Å². The summed E-state index contributed by atoms with van der Waals surface area (Å²) in [7, 11) is 3.34. The van der Waals surface area contributed by atoms with E-state index in [1.165, 1.54) is 16.7 Å². The molecule has 1 atom stereocenters. The van der Waals surface area contributed by atoms with Gasteiger partial charge in [0.1, 0.15) is 5.25 Å². The van der Waals surface area contributed by atoms with Crippen molar-refractivity contribution < 1.29 is 9.59 Å². The maximum absolute atomic E-state index is 12.6. The third-order valence-electron chi connectivity index (χ3n) is 3.25. The van der Waals surface area contributed by atoms with E-state index in [0.29, 0.717) is 0 Å². The lowest BCUT2D eigenvalue weighted by Crippen LogP contribution is -2.37. The van der Waals surface area contributed by atoms with Gasteiger partial charge in [0.2, 0.25) is 11.8 Å². The Bertz CT molecular complexity index is 645. The summed E-state index contributed by atoms with van der Waals surface area (Å²) in [5.74, 6) is -0.296. The van der Waals surface area contributed by atoms with Crippen molar-refractivity contribution in [1.82, 2.24) is 10.2 Å². The van der Waals surface area contributed by atoms with Gasteiger partial charge in [-0.3, -0.25) is 9.59 Å². The van der Waals surface area contributed by atoms with E-state index in [4.69, 9.17) is 0 Å². The lowest BCUT2D eigenvalue weighted by atomic mass is 10.1. The first kappa shape index (κ1) is 17.1. The molecule has 0 radical (unpaired) electrons. The Hall–Kier alpha value is -2.27. The summed E-state index contributed by atoms with van der Waals surface area (Å²) in [6, 6.07) is 19.4. The molecule has 5 heteroatoms. The van der Waals surface area contributed by atoms with E-state index >= 15 is 0 Å². The van der Waals surface area contributed by atoms with Crippen molar-refractivity contribution in [3.05, 3.63) is 66.2 Å². The van der Waals surface area contributed by atoms with Crippen molar-refractivity contribution in [3.8, 4) is 0 Å². The van der Waals surface area contributed by atoms with Crippen LogP contribution in [0.4, 0.5) is 0 Å². The van der Waals surface area contributed by atoms with Gasteiger partial charge in [0.15, 0.2) is 0 Å². The fourth-order valence-electron chi connectivity index (χ4n) is 1.95. The van der Waals surface area contributed by atoms with E-state index in [-0.39, 0.29) is 18.4 Å². The molecule has 23 heavy (non-hydrogen) atoms. The lowest BCUT2D eigenvalue weighted by Gasteiger charge is -2.18. The summed E-state index contributed by atoms with van der Waals surface area (Å²) in [6.45, 7) is 0.00448. The molecule has 0 bridgehead atoms. The van der Waals surface area contributed by atoms with E-state index in [1.54, 1.807) is 14.1 Å². The molecule has 2 aromatic rings. The maximum Gasteiger partial charge on any atom is 0.241 e. The van der Waals surface area contributed by atoms with Gasteiger partial charge in [-0.25, -0.2) is 0 Å². The molecule has 0 aromatic heterocycles. The van der Waals surface area contributed by atoms with Crippen LogP contribution < -0.4 is 5.32 Å². The number of likely N-dealkylation sites (N-methyl/N-ethyl adjacent to an activating group) is 1. The van der Waals surface area contributed by atoms with Crippen LogP contribution in [0.15, 0.2) is 65.6 Å². The molecule has 0 heterocycles. The van der Waals surface area contributed by atoms with E-state index in [1.807, 2.05) is 60.7 Å². The highest BCUT2D eigenvalue weighted by Gasteiger charge is 2.22. The van der Waals surface area contributed by atoms with Crippen LogP contribution in [0.25, 0.3) is 0 Å². The molecule has 0 saturated carbocycles. The summed E-state index contributed by atoms with van der Waals surface area (Å²) in [5, 5.41) is 2.34. The molecule has 0 aliphatic heterocycles. The van der Waals surface area contributed by atoms with Crippen LogP contribution in [-0.4, -0.2) is 37.4 Å². The van der Waals surface area contributed by atoms with E-state index in [0.717, 1.165) is 10.5 Å². The fourth-order valence-corrected chi connectivity index (χ4v) is 3.02. The summed E-state index contributed by atoms with van der Waals surface area (Å²) in [6.07, 6.45) is 0. The minimum Gasteiger partial charge on any atom is -0.347 e. The van der Waals surface area contributed by atoms with Crippen molar-refractivity contribution in [3.63, 3.8) is 0 Å². The Morgan fingerprint density at radius 3 is 2.13 bits per heavy atom. The van der Waals surface area contributed by atoms with Crippen LogP contribution in [0.3, 0.4) is 0 Å². The summed E-state index contributed by atoms with van der Waals surface area (Å²) >= 11 is 1.47. The molecule has 2 rings (SSSR count). The lowest BCUT2D eigenvalue weighted by molar-refractivity contribution is -0.130. The Morgan fingerprint density at radius 2 is 1.57 bits per heavy atom. The molecule has 1 N–H and O–H groups in total. The Morgan fingerprint density at radius 1 is 1.00 bits per heavy atom. The number of thioether (sulfide) groups is 1. The van der Waals surface area contributed by atoms with Crippen LogP contribution in [0.2, 0.25) is 0 Å². The quantitative estimate of drug-likeness (QED) is 0.830. The summed E-state index contributed by atoms with van der Waals surface area (Å²) in [4.78, 5) is 26.7. The number of hydrogen-bond donors (Lipinski definition) is 1. The second-order valence-corrected chi connectivity index (χ2v) is 6.41. The number of nitrogens with one attached hydrogen (secondary N) is 1. The van der Waals surface area contributed by atoms with Crippen LogP contribution in [0.1, 0.15) is 10.8 Å². The molecular weight excluding hydrogens is 308 g/mol. The predicted octanol–water partition coefficient (Wildman–Crippen LogP) is 2.72. The van der Waals surface area contributed by atoms with Gasteiger partial charge in [0.25, 0.3) is 0 Å². The van der Waals surface area contributed by atoms with Crippen molar-refractivity contribution in [2.45, 2.75) is 10.1 Å². The highest BCUT2D eigenvalue weighted by atomic mass is 32.2. The van der Waals surface area contributed by atoms with Crippen molar-refractivity contribution in [2.24, 2.45) is 0 Å². The van der Waals surface area contributed by atoms with Gasteiger partial charge in [-0.1, -0.05) is 48.5 Å². The smallest absolute Gasteiger partial charge is 0.241 e. The highest BCUT2D eigenvalue weighted by Crippen LogP contribution is 2.35. The highest BCUT2D eigenvalue weighted by molar-refractivity contribution is 8.00. The second-order valence-electron chi connectivity index (χ2n) is 5.23. The first-order valence-corrected chi connectivity index (χ1v) is 8.20. The SMILES string of the molecule is CN(C)C(=O)CNC(=O)[C@H](Sc1ccccc1)c1ccccc1. The summed E-state index contributed by atoms with van der Waals surface area (Å²) < 4.78 is 0. The predicted molar refractivity (Wildman–Crippen MR) is 93.2 cm³/mol. The molecule has 0 aliphatic rings. The molecule has 0 saturated heterocycles. The van der Waals surface area contributed by atoms with Crippen LogP contribution in [-0.2, 0) is 9.59 Å². The van der Waals surface area contributed by atoms with Crippen LogP contribution in [0, 0.1) is 0 Å². The Balaban J connectivity index is 2.13. The van der Waals surface area contributed by atoms with Crippen molar-refractivity contribution in [2.75, 3.05) is 20.6 Å². The number of nitrogens with zero attached hydrogens (tertiary/aromatic N) is 1. The van der Waals surface area contributed by atoms with Gasteiger partial charge >= 0.3 is 0 Å². The normalized spacial score (nSPS) is 11.6. The number of benzene rings is 2. The minimum atomic E-state index is -0.395. The van der Waals surface area contributed by atoms with E-state index in [2.05, 4.69) is 5.32 Å². The molecular formula is C18H20N2O2S. The number of carbonyl (C=O) groups is 2. The topological polar surface area (TPSA) is 49.4 Å². The number of amides is 2. The van der Waals surface area contributed by atoms with E-state index < -0.39 is 5.25 Å². The minimum absolute atomic E-state index is 0.00448. The number of carbonyl (C=O) groups excluding carboxylic acids is 2. The first-order valence-electron chi connectivity index (χ1n) is 7.32. The fraction of sp³-hybridized carbons (Fsp3) is 0.222. The standard InChI is InChI=1S/C18H20N2O2S/c1-20(2)16(21)13-19-18(22)17(14-9-5-3-6-10-14)23-15-11-7-4-8-12-15/h3-12,17H,13H2,1-2H3,(H,19,22)/t17-/m1/s1. The first-order chi connectivity index (χ1) is 11.1. The van der Waals surface area contributed by atoms with Gasteiger partial charge in [0, 0.05) is 19.0 Å². The Labute approximate surface area is 140 Å². The molecule has 0 aliphatic carbocycles. The number of rotatable bonds is 6. The Kier molecular flexibility index (Phi) is 6.23. The second kappa shape index (κ2) is 8.39. The molecule has 0 unspecified atom stereocenters. The van der Waals surface area contributed by atoms with Crippen molar-refractivity contribution >= 4 is 23.6 Å². The molecule has 0 fully saturated rings. The van der Waals surface area contributed by atoms with Gasteiger partial charge in [-0.2, -0.15) is 0 Å². The maximum atomic E-state index is 12.6. The third-order valence-corrected chi connectivity index (χ3v) is 4.52. The largest absolute Gasteiger partial charge is 0.347 e. The zero-order valence-corrected chi connectivity index (χ0v) is 14.0. The molecule has 2 amide bonds. The molecule has 0 spiro atoms. The van der Waals surface area contributed by atoms with Crippen molar-refractivity contribution in [1.29, 1.82) is 0 Å². The van der Waals surface area contributed by atoms with Gasteiger partial charge in [-0.05, 0) is 17.7 Å². The van der Waals surface area contributed by atoms with Crippen LogP contribution >= 0.6 is 11.8 Å². The van der Waals surface area contributed by atoms with Crippen LogP contribution in [0.5, 0.6) is 0 Å². The average molecular weight is 328 g/mol. The zero-order valence-electron chi connectivity index (χ0n) is 13.2. The zero-order chi connectivity index (χ0) is 16.7. The van der Waals surface area contributed by atoms with Gasteiger partial charge in [-0.15, -0.1) is 11.8 Å². The monoisotopic (exact) mass is 328 g/mol. The van der Waals surface area contributed by atoms with Gasteiger partial charge < -0.3 is 10.2 Å². The molecule has 2 aromatic carbocycles. The summed E-state index contributed by atoms with van der Waals surface area (Å²) in [5.41, 5.74) is 0.913. The third kappa shape index (κ3) is 5.14. The molecule has 120 valence electrons. The van der Waals surface area contributed by atoms with Gasteiger partial charge in [0.05, 0.1) is 6.54 Å². The number of hydrogen-bond acceptors (Lipinski definition) is 3.